The summed E-state index contributed by atoms with van der Waals surface area (Å²) in [6.45, 7) is 0. The largest absolute Gasteiger partial charge is 1.00 e. The Bertz CT molecular complexity index is 7.61. The van der Waals surface area contributed by atoms with Gasteiger partial charge in [-0.15, -0.1) is 0 Å². The molecule has 0 amide bonds. The molecule has 5 heteroatoms. The molecule has 5 heavy (non-hydrogen) atoms. The van der Waals surface area contributed by atoms with E-state index in [0.717, 1.165) is 0 Å². The quantitative estimate of drug-likeness (QED) is 0.276. The fourth-order valence-corrected chi connectivity index (χ4v) is 0. The van der Waals surface area contributed by atoms with Crippen molar-refractivity contribution in [1.82, 2.24) is 0 Å². The second-order valence-electron chi connectivity index (χ2n) is 0. The van der Waals surface area contributed by atoms with E-state index in [1.54, 1.807) is 0 Å². The van der Waals surface area contributed by atoms with Crippen molar-refractivity contribution < 1.29 is 61.9 Å². The van der Waals surface area contributed by atoms with E-state index in [4.69, 9.17) is 0 Å². The summed E-state index contributed by atoms with van der Waals surface area (Å²) in [5.41, 5.74) is 0. The molecular weight excluding hydrogens is 620 g/mol. The summed E-state index contributed by atoms with van der Waals surface area (Å²) in [7, 11) is 0. The van der Waals surface area contributed by atoms with Crippen LogP contribution >= 0.6 is 0 Å². The maximum absolute atomic E-state index is 3.67. The number of rotatable bonds is 0. The van der Waals surface area contributed by atoms with Crippen LogP contribution in [0.2, 0.25) is 0 Å². The third-order valence-electron chi connectivity index (χ3n) is 0. The molecule has 0 atom stereocenters. The minimum absolute atomic E-state index is 0. The molecule has 0 unspecified atom stereocenters. The van der Waals surface area contributed by atoms with E-state index < -0.39 is 0 Å². The summed E-state index contributed by atoms with van der Waals surface area (Å²) in [4.78, 5) is 0. The summed E-state index contributed by atoms with van der Waals surface area (Å²) in [6.07, 6.45) is 0. The van der Waals surface area contributed by atoms with Crippen molar-refractivity contribution >= 4 is 23.3 Å². The van der Waals surface area contributed by atoms with E-state index in [9.17, 15) is 0 Å². The molecule has 0 heterocycles. The van der Waals surface area contributed by atoms with Gasteiger partial charge in [0.25, 0.3) is 0 Å². The predicted molar refractivity (Wildman–Crippen MR) is 14.7 cm³/mol. The maximum Gasteiger partial charge on any atom is 0 e. The molecule has 0 aliphatic carbocycles. The van der Waals surface area contributed by atoms with E-state index in [-0.39, 0.29) is 61.9 Å². The SMILES string of the molecule is [Re].[Re].[S-][S-].[W]. The molecule has 0 spiro atoms. The van der Waals surface area contributed by atoms with Gasteiger partial charge >= 0.3 is 0 Å². The smallest absolute Gasteiger partial charge is 0 e. The molecule has 0 aromatic carbocycles. The van der Waals surface area contributed by atoms with E-state index in [1.165, 1.54) is 0 Å². The first kappa shape index (κ1) is 25.2. The van der Waals surface area contributed by atoms with Crippen molar-refractivity contribution in [2.24, 2.45) is 0 Å². The van der Waals surface area contributed by atoms with Gasteiger partial charge in [0.15, 0.2) is 0 Å². The Hall–Kier alpha value is 2.71. The molecule has 0 saturated heterocycles. The van der Waals surface area contributed by atoms with Crippen molar-refractivity contribution in [2.75, 3.05) is 0 Å². The van der Waals surface area contributed by atoms with Gasteiger partial charge in [-0.05, 0) is 0 Å². The van der Waals surface area contributed by atoms with Crippen LogP contribution in [-0.4, -0.2) is 0 Å². The van der Waals surface area contributed by atoms with Gasteiger partial charge in [-0.2, -0.15) is 0 Å². The minimum atomic E-state index is 0. The molecule has 2 radical (unpaired) electrons. The molecule has 0 saturated carbocycles. The summed E-state index contributed by atoms with van der Waals surface area (Å²) in [6, 6.07) is 0. The zero-order valence-corrected chi connectivity index (χ0v) is 12.0. The van der Waals surface area contributed by atoms with E-state index in [1.807, 2.05) is 0 Å². The Kier molecular flexibility index (Phi) is 150. The summed E-state index contributed by atoms with van der Waals surface area (Å²) >= 11 is 7.33. The van der Waals surface area contributed by atoms with E-state index in [2.05, 4.69) is 23.3 Å². The third kappa shape index (κ3) is 20.3. The van der Waals surface area contributed by atoms with E-state index >= 15 is 0 Å². The Labute approximate surface area is 84.0 Å². The zero-order chi connectivity index (χ0) is 2.00. The average Bonchev–Trinajstić information content (AvgIpc) is 1.00. The summed E-state index contributed by atoms with van der Waals surface area (Å²) in [5, 5.41) is 0. The molecule has 0 bridgehead atoms. The first-order valence-electron chi connectivity index (χ1n) is 0.167. The summed E-state index contributed by atoms with van der Waals surface area (Å²) in [5.74, 6) is 0. The first-order valence-corrected chi connectivity index (χ1v) is 1.50. The van der Waals surface area contributed by atoms with Gasteiger partial charge in [0, 0.05) is 61.9 Å². The van der Waals surface area contributed by atoms with Crippen molar-refractivity contribution in [1.29, 1.82) is 0 Å². The van der Waals surface area contributed by atoms with Gasteiger partial charge in [0.05, 0.1) is 0 Å². The number of hydrogen-bond acceptors (Lipinski definition) is 2. The minimum Gasteiger partial charge on any atom is -1.00 e. The molecule has 0 N–H and O–H groups in total. The topological polar surface area (TPSA) is 0 Å². The molecule has 0 rings (SSSR count). The predicted octanol–water partition coefficient (Wildman–Crippen LogP) is -0.0123. The molecule has 0 aliphatic rings. The Morgan fingerprint density at radius 1 is 0.800 bits per heavy atom. The zero-order valence-electron chi connectivity index (χ0n) is 1.98. The van der Waals surface area contributed by atoms with Crippen LogP contribution in [0.25, 0.3) is 0 Å². The normalized spacial score (nSPS) is 1.20. The van der Waals surface area contributed by atoms with Gasteiger partial charge < -0.3 is 23.3 Å². The molecular formula is Re2S2W-2. The first-order chi connectivity index (χ1) is 1.00. The average molecular weight is 620 g/mol. The monoisotopic (exact) mass is 622 g/mol. The van der Waals surface area contributed by atoms with Gasteiger partial charge in [-0.3, -0.25) is 0 Å². The molecule has 0 aromatic rings. The van der Waals surface area contributed by atoms with Gasteiger partial charge in [-0.1, -0.05) is 0 Å². The molecule has 0 aliphatic heterocycles. The molecule has 0 nitrogen and oxygen atoms in total. The Morgan fingerprint density at radius 3 is 0.800 bits per heavy atom. The van der Waals surface area contributed by atoms with E-state index in [0.29, 0.717) is 0 Å². The van der Waals surface area contributed by atoms with Crippen LogP contribution in [0.4, 0.5) is 0 Å². The van der Waals surface area contributed by atoms with Crippen molar-refractivity contribution in [2.45, 2.75) is 0 Å². The second kappa shape index (κ2) is 29.8. The maximum atomic E-state index is 3.67. The molecule has 0 fully saturated rings. The van der Waals surface area contributed by atoms with Crippen molar-refractivity contribution in [3.05, 3.63) is 0 Å². The van der Waals surface area contributed by atoms with Crippen LogP contribution < -0.4 is 0 Å². The Balaban J connectivity index is -0.00000000167. The molecule has 34 valence electrons. The van der Waals surface area contributed by atoms with Crippen LogP contribution in [0.3, 0.4) is 0 Å². The Morgan fingerprint density at radius 2 is 0.800 bits per heavy atom. The van der Waals surface area contributed by atoms with Gasteiger partial charge in [-0.25, -0.2) is 0 Å². The van der Waals surface area contributed by atoms with Crippen LogP contribution in [0.1, 0.15) is 0 Å². The van der Waals surface area contributed by atoms with Crippen molar-refractivity contribution in [3.8, 4) is 0 Å². The van der Waals surface area contributed by atoms with Gasteiger partial charge in [0.2, 0.25) is 0 Å². The second-order valence-corrected chi connectivity index (χ2v) is 0. The molecule has 0 aromatic heterocycles. The standard InChI is InChI=1S/2Re.S2.W/c;;1-2;/q;;-2;. The number of hydrogen-bond donors (Lipinski definition) is 0. The fraction of sp³-hybridized carbons (Fsp3) is 0. The van der Waals surface area contributed by atoms with Crippen LogP contribution in [0.5, 0.6) is 0 Å². The van der Waals surface area contributed by atoms with Crippen LogP contribution in [0.15, 0.2) is 0 Å². The third-order valence-corrected chi connectivity index (χ3v) is 0. The fourth-order valence-electron chi connectivity index (χ4n) is 0. The van der Waals surface area contributed by atoms with Crippen molar-refractivity contribution in [3.63, 3.8) is 0 Å². The summed E-state index contributed by atoms with van der Waals surface area (Å²) < 4.78 is 0. The van der Waals surface area contributed by atoms with Crippen LogP contribution in [-0.2, 0) is 85.2 Å². The van der Waals surface area contributed by atoms with Crippen LogP contribution in [0, 0.1) is 0 Å². The van der Waals surface area contributed by atoms with Gasteiger partial charge in [0.1, 0.15) is 0 Å².